The van der Waals surface area contributed by atoms with Crippen LogP contribution >= 0.6 is 0 Å². The number of nitrogens with zero attached hydrogens (tertiary/aromatic N) is 1. The Kier molecular flexibility index (Phi) is 2.05. The number of hydrogen-bond acceptors (Lipinski definition) is 3. The first-order chi connectivity index (χ1) is 5.81. The molecule has 1 aliphatic heterocycles. The van der Waals surface area contributed by atoms with Gasteiger partial charge < -0.3 is 9.64 Å². The second kappa shape index (κ2) is 3.05. The fourth-order valence-corrected chi connectivity index (χ4v) is 2.68. The number of carbonyl (C=O) groups excluding carboxylic acids is 1. The van der Waals surface area contributed by atoms with Crippen LogP contribution in [0.2, 0.25) is 0 Å². The fourth-order valence-electron chi connectivity index (χ4n) is 2.68. The van der Waals surface area contributed by atoms with Crippen LogP contribution in [0.15, 0.2) is 0 Å². The monoisotopic (exact) mass is 169 g/mol. The summed E-state index contributed by atoms with van der Waals surface area (Å²) in [7, 11) is 2.14. The summed E-state index contributed by atoms with van der Waals surface area (Å²) in [6.07, 6.45) is 2.51. The number of fused-ring (bicyclic) bond motifs is 1. The van der Waals surface area contributed by atoms with Crippen LogP contribution in [-0.4, -0.2) is 37.6 Å². The Hall–Kier alpha value is -0.570. The zero-order valence-electron chi connectivity index (χ0n) is 7.40. The van der Waals surface area contributed by atoms with Gasteiger partial charge in [0, 0.05) is 19.0 Å². The van der Waals surface area contributed by atoms with Gasteiger partial charge in [-0.3, -0.25) is 4.79 Å². The third-order valence-corrected chi connectivity index (χ3v) is 3.20. The SMILES string of the molecule is CN1C[C@H]2CCC(OC=O)[C@H]2C1. The lowest BCUT2D eigenvalue weighted by molar-refractivity contribution is -0.135. The van der Waals surface area contributed by atoms with E-state index in [2.05, 4.69) is 11.9 Å². The zero-order chi connectivity index (χ0) is 8.55. The highest BCUT2D eigenvalue weighted by Gasteiger charge is 2.42. The first-order valence-electron chi connectivity index (χ1n) is 4.59. The van der Waals surface area contributed by atoms with E-state index in [1.54, 1.807) is 0 Å². The summed E-state index contributed by atoms with van der Waals surface area (Å²) in [5.74, 6) is 1.39. The van der Waals surface area contributed by atoms with Crippen molar-refractivity contribution in [2.45, 2.75) is 18.9 Å². The lowest BCUT2D eigenvalue weighted by Gasteiger charge is -2.16. The predicted molar refractivity (Wildman–Crippen MR) is 44.6 cm³/mol. The van der Waals surface area contributed by atoms with Crippen molar-refractivity contribution in [2.75, 3.05) is 20.1 Å². The lowest BCUT2D eigenvalue weighted by atomic mass is 9.99. The average molecular weight is 169 g/mol. The summed E-state index contributed by atoms with van der Waals surface area (Å²) in [4.78, 5) is 12.5. The minimum absolute atomic E-state index is 0.206. The molecular formula is C9H15NO2. The summed E-state index contributed by atoms with van der Waals surface area (Å²) >= 11 is 0. The lowest BCUT2D eigenvalue weighted by Crippen LogP contribution is -2.23. The van der Waals surface area contributed by atoms with E-state index in [1.165, 1.54) is 13.0 Å². The van der Waals surface area contributed by atoms with Crippen molar-refractivity contribution < 1.29 is 9.53 Å². The minimum atomic E-state index is 0.206. The second-order valence-electron chi connectivity index (χ2n) is 3.99. The third kappa shape index (κ3) is 1.22. The van der Waals surface area contributed by atoms with Crippen LogP contribution in [0.3, 0.4) is 0 Å². The van der Waals surface area contributed by atoms with E-state index in [-0.39, 0.29) is 6.10 Å². The molecule has 1 unspecified atom stereocenters. The highest BCUT2D eigenvalue weighted by atomic mass is 16.5. The van der Waals surface area contributed by atoms with Crippen molar-refractivity contribution in [3.05, 3.63) is 0 Å². The third-order valence-electron chi connectivity index (χ3n) is 3.20. The Morgan fingerprint density at radius 2 is 2.25 bits per heavy atom. The number of carbonyl (C=O) groups is 1. The van der Waals surface area contributed by atoms with E-state index >= 15 is 0 Å². The maximum Gasteiger partial charge on any atom is 0.293 e. The molecule has 0 N–H and O–H groups in total. The van der Waals surface area contributed by atoms with E-state index in [0.29, 0.717) is 12.4 Å². The molecule has 2 rings (SSSR count). The Morgan fingerprint density at radius 3 is 3.00 bits per heavy atom. The van der Waals surface area contributed by atoms with Gasteiger partial charge in [-0.05, 0) is 25.8 Å². The first kappa shape index (κ1) is 8.05. The maximum absolute atomic E-state index is 10.2. The van der Waals surface area contributed by atoms with Crippen molar-refractivity contribution in [1.82, 2.24) is 4.90 Å². The van der Waals surface area contributed by atoms with Gasteiger partial charge in [0.2, 0.25) is 0 Å². The van der Waals surface area contributed by atoms with Crippen molar-refractivity contribution in [2.24, 2.45) is 11.8 Å². The summed E-state index contributed by atoms with van der Waals surface area (Å²) in [5.41, 5.74) is 0. The molecule has 3 nitrogen and oxygen atoms in total. The van der Waals surface area contributed by atoms with Crippen molar-refractivity contribution >= 4 is 6.47 Å². The number of ether oxygens (including phenoxy) is 1. The van der Waals surface area contributed by atoms with Gasteiger partial charge in [-0.15, -0.1) is 0 Å². The Labute approximate surface area is 72.7 Å². The van der Waals surface area contributed by atoms with Crippen molar-refractivity contribution in [3.63, 3.8) is 0 Å². The average Bonchev–Trinajstić information content (AvgIpc) is 2.52. The Bertz CT molecular complexity index is 183. The quantitative estimate of drug-likeness (QED) is 0.564. The topological polar surface area (TPSA) is 29.5 Å². The van der Waals surface area contributed by atoms with E-state index < -0.39 is 0 Å². The van der Waals surface area contributed by atoms with E-state index in [1.807, 2.05) is 0 Å². The molecule has 12 heavy (non-hydrogen) atoms. The van der Waals surface area contributed by atoms with Gasteiger partial charge in [-0.25, -0.2) is 0 Å². The normalized spacial score (nSPS) is 41.2. The zero-order valence-corrected chi connectivity index (χ0v) is 7.40. The molecule has 1 heterocycles. The number of likely N-dealkylation sites (tertiary alicyclic amines) is 1. The molecule has 0 radical (unpaired) electrons. The Morgan fingerprint density at radius 1 is 1.42 bits per heavy atom. The molecule has 0 spiro atoms. The molecule has 0 aromatic carbocycles. The van der Waals surface area contributed by atoms with Gasteiger partial charge in [-0.1, -0.05) is 0 Å². The molecule has 0 amide bonds. The van der Waals surface area contributed by atoms with E-state index in [0.717, 1.165) is 18.9 Å². The molecule has 0 bridgehead atoms. The van der Waals surface area contributed by atoms with Crippen molar-refractivity contribution in [1.29, 1.82) is 0 Å². The van der Waals surface area contributed by atoms with Gasteiger partial charge in [0.15, 0.2) is 0 Å². The van der Waals surface area contributed by atoms with Gasteiger partial charge in [0.25, 0.3) is 6.47 Å². The highest BCUT2D eigenvalue weighted by molar-refractivity contribution is 5.37. The van der Waals surface area contributed by atoms with Gasteiger partial charge >= 0.3 is 0 Å². The van der Waals surface area contributed by atoms with Crippen LogP contribution < -0.4 is 0 Å². The van der Waals surface area contributed by atoms with Crippen molar-refractivity contribution in [3.8, 4) is 0 Å². The van der Waals surface area contributed by atoms with E-state index in [4.69, 9.17) is 4.74 Å². The molecule has 1 aliphatic carbocycles. The second-order valence-corrected chi connectivity index (χ2v) is 3.99. The van der Waals surface area contributed by atoms with Crippen LogP contribution in [-0.2, 0) is 9.53 Å². The summed E-state index contributed by atoms with van der Waals surface area (Å²) in [5, 5.41) is 0. The number of hydrogen-bond donors (Lipinski definition) is 0. The molecule has 68 valence electrons. The molecule has 2 fully saturated rings. The predicted octanol–water partition coefficient (Wildman–Crippen LogP) is 0.500. The van der Waals surface area contributed by atoms with Gasteiger partial charge in [0.05, 0.1) is 0 Å². The summed E-state index contributed by atoms with van der Waals surface area (Å²) in [6.45, 7) is 2.89. The Balaban J connectivity index is 1.98. The first-order valence-corrected chi connectivity index (χ1v) is 4.59. The molecule has 1 saturated carbocycles. The summed E-state index contributed by atoms with van der Waals surface area (Å²) < 4.78 is 5.06. The number of rotatable bonds is 2. The summed E-state index contributed by atoms with van der Waals surface area (Å²) in [6, 6.07) is 0. The maximum atomic E-state index is 10.2. The van der Waals surface area contributed by atoms with Crippen LogP contribution in [0.25, 0.3) is 0 Å². The van der Waals surface area contributed by atoms with Gasteiger partial charge in [-0.2, -0.15) is 0 Å². The van der Waals surface area contributed by atoms with Crippen LogP contribution in [0.1, 0.15) is 12.8 Å². The van der Waals surface area contributed by atoms with Crippen LogP contribution in [0, 0.1) is 11.8 Å². The molecule has 3 heteroatoms. The molecule has 3 atom stereocenters. The van der Waals surface area contributed by atoms with Gasteiger partial charge in [0.1, 0.15) is 6.10 Å². The minimum Gasteiger partial charge on any atom is -0.464 e. The van der Waals surface area contributed by atoms with Crippen LogP contribution in [0.4, 0.5) is 0 Å². The van der Waals surface area contributed by atoms with E-state index in [9.17, 15) is 4.79 Å². The molecular weight excluding hydrogens is 154 g/mol. The largest absolute Gasteiger partial charge is 0.464 e. The van der Waals surface area contributed by atoms with Crippen LogP contribution in [0.5, 0.6) is 0 Å². The standard InChI is InChI=1S/C9H15NO2/c1-10-4-7-2-3-9(12-6-11)8(7)5-10/h6-9H,2-5H2,1H3/t7-,8+,9?/m1/s1. The molecule has 1 saturated heterocycles. The fraction of sp³-hybridized carbons (Fsp3) is 0.889. The highest BCUT2D eigenvalue weighted by Crippen LogP contribution is 2.38. The molecule has 0 aromatic heterocycles. The smallest absolute Gasteiger partial charge is 0.293 e. The molecule has 0 aromatic rings. The molecule has 2 aliphatic rings.